The van der Waals surface area contributed by atoms with Crippen LogP contribution < -0.4 is 5.32 Å². The summed E-state index contributed by atoms with van der Waals surface area (Å²) < 4.78 is 0. The Bertz CT molecular complexity index is 293. The van der Waals surface area contributed by atoms with Crippen molar-refractivity contribution in [1.29, 1.82) is 0 Å². The molecular weight excluding hydrogens is 194 g/mol. The maximum absolute atomic E-state index is 11.6. The van der Waals surface area contributed by atoms with E-state index in [9.17, 15) is 4.79 Å². The van der Waals surface area contributed by atoms with Crippen molar-refractivity contribution >= 4 is 5.91 Å². The third-order valence-corrected chi connectivity index (χ3v) is 2.66. The number of hydrogen-bond acceptors (Lipinski definition) is 4. The van der Waals surface area contributed by atoms with Gasteiger partial charge in [0.15, 0.2) is 0 Å². The molecule has 6 nitrogen and oxygen atoms in total. The van der Waals surface area contributed by atoms with Gasteiger partial charge in [0.25, 0.3) is 11.7 Å². The fraction of sp³-hybridized carbons (Fsp3) is 0.778. The fourth-order valence-corrected chi connectivity index (χ4v) is 1.64. The van der Waals surface area contributed by atoms with E-state index < -0.39 is 0 Å². The summed E-state index contributed by atoms with van der Waals surface area (Å²) >= 11 is 0. The van der Waals surface area contributed by atoms with Crippen molar-refractivity contribution in [1.82, 2.24) is 25.9 Å². The number of carbonyl (C=O) groups excluding carboxylic acids is 1. The van der Waals surface area contributed by atoms with Crippen LogP contribution in [0.25, 0.3) is 0 Å². The molecule has 0 saturated carbocycles. The topological polar surface area (TPSA) is 83.6 Å². The van der Waals surface area contributed by atoms with Gasteiger partial charge in [0.1, 0.15) is 0 Å². The summed E-state index contributed by atoms with van der Waals surface area (Å²) in [6.07, 6.45) is 2.09. The summed E-state index contributed by atoms with van der Waals surface area (Å²) in [5, 5.41) is 15.7. The van der Waals surface area contributed by atoms with E-state index in [1.54, 1.807) is 0 Å². The molecular formula is C9H17N5O. The Kier molecular flexibility index (Phi) is 4.20. The molecule has 0 spiro atoms. The minimum absolute atomic E-state index is 0.0906. The van der Waals surface area contributed by atoms with Gasteiger partial charge in [-0.2, -0.15) is 5.21 Å². The molecule has 15 heavy (non-hydrogen) atoms. The molecule has 1 aromatic rings. The second kappa shape index (κ2) is 5.43. The zero-order valence-electron chi connectivity index (χ0n) is 9.32. The maximum atomic E-state index is 11.6. The molecule has 0 saturated heterocycles. The van der Waals surface area contributed by atoms with Gasteiger partial charge in [-0.15, -0.1) is 10.2 Å². The zero-order valence-corrected chi connectivity index (χ0v) is 9.32. The predicted molar refractivity (Wildman–Crippen MR) is 55.2 cm³/mol. The summed E-state index contributed by atoms with van der Waals surface area (Å²) in [6.45, 7) is 6.23. The Morgan fingerprint density at radius 1 is 1.47 bits per heavy atom. The minimum Gasteiger partial charge on any atom is -0.346 e. The molecule has 1 aromatic heterocycles. The Labute approximate surface area is 88.8 Å². The van der Waals surface area contributed by atoms with E-state index in [0.29, 0.717) is 5.92 Å². The van der Waals surface area contributed by atoms with Crippen LogP contribution in [0.4, 0.5) is 0 Å². The average Bonchev–Trinajstić information content (AvgIpc) is 2.72. The molecule has 1 heterocycles. The molecule has 6 heteroatoms. The number of carbonyl (C=O) groups is 1. The lowest BCUT2D eigenvalue weighted by molar-refractivity contribution is 0.0914. The van der Waals surface area contributed by atoms with Crippen molar-refractivity contribution in [3.8, 4) is 0 Å². The van der Waals surface area contributed by atoms with Gasteiger partial charge in [0, 0.05) is 6.04 Å². The van der Waals surface area contributed by atoms with Crippen LogP contribution in [-0.4, -0.2) is 32.6 Å². The fourth-order valence-electron chi connectivity index (χ4n) is 1.64. The number of tetrazole rings is 1. The maximum Gasteiger partial charge on any atom is 0.293 e. The summed E-state index contributed by atoms with van der Waals surface area (Å²) in [5.74, 6) is 0.303. The number of nitrogens with one attached hydrogen (secondary N) is 2. The number of nitrogens with zero attached hydrogens (tertiary/aromatic N) is 3. The highest BCUT2D eigenvalue weighted by Crippen LogP contribution is 2.12. The van der Waals surface area contributed by atoms with E-state index >= 15 is 0 Å². The van der Waals surface area contributed by atoms with Gasteiger partial charge in [-0.1, -0.05) is 26.7 Å². The summed E-state index contributed by atoms with van der Waals surface area (Å²) in [4.78, 5) is 11.6. The van der Waals surface area contributed by atoms with Gasteiger partial charge in [0.05, 0.1) is 0 Å². The number of rotatable bonds is 5. The minimum atomic E-state index is -0.275. The van der Waals surface area contributed by atoms with Crippen molar-refractivity contribution < 1.29 is 4.79 Å². The Balaban J connectivity index is 2.51. The SMILES string of the molecule is CCC(CC)C(C)NC(=O)c1nn[nH]n1. The molecule has 0 aliphatic rings. The molecule has 84 valence electrons. The first-order valence-corrected chi connectivity index (χ1v) is 5.23. The van der Waals surface area contributed by atoms with Crippen LogP contribution >= 0.6 is 0 Å². The van der Waals surface area contributed by atoms with Crippen molar-refractivity contribution in [3.63, 3.8) is 0 Å². The number of amides is 1. The number of aromatic amines is 1. The van der Waals surface area contributed by atoms with Crippen LogP contribution in [0.15, 0.2) is 0 Å². The van der Waals surface area contributed by atoms with E-state index in [1.165, 1.54) is 0 Å². The number of hydrogen-bond donors (Lipinski definition) is 2. The first kappa shape index (κ1) is 11.6. The van der Waals surface area contributed by atoms with Crippen LogP contribution in [-0.2, 0) is 0 Å². The lowest BCUT2D eigenvalue weighted by Crippen LogP contribution is -2.38. The molecule has 1 unspecified atom stereocenters. The first-order chi connectivity index (χ1) is 7.19. The summed E-state index contributed by atoms with van der Waals surface area (Å²) in [7, 11) is 0. The van der Waals surface area contributed by atoms with Gasteiger partial charge >= 0.3 is 0 Å². The normalized spacial score (nSPS) is 12.8. The van der Waals surface area contributed by atoms with Gasteiger partial charge in [-0.3, -0.25) is 4.79 Å². The average molecular weight is 211 g/mol. The number of H-pyrrole nitrogens is 1. The molecule has 1 amide bonds. The first-order valence-electron chi connectivity index (χ1n) is 5.23. The molecule has 0 bridgehead atoms. The summed E-state index contributed by atoms with van der Waals surface area (Å²) in [6, 6.07) is 0.131. The van der Waals surface area contributed by atoms with E-state index in [0.717, 1.165) is 12.8 Å². The van der Waals surface area contributed by atoms with Gasteiger partial charge < -0.3 is 5.32 Å². The second-order valence-corrected chi connectivity index (χ2v) is 3.57. The second-order valence-electron chi connectivity index (χ2n) is 3.57. The molecule has 0 aliphatic heterocycles. The zero-order chi connectivity index (χ0) is 11.3. The van der Waals surface area contributed by atoms with Crippen LogP contribution in [0.5, 0.6) is 0 Å². The molecule has 0 aromatic carbocycles. The highest BCUT2D eigenvalue weighted by molar-refractivity contribution is 5.90. The van der Waals surface area contributed by atoms with Crippen LogP contribution in [0, 0.1) is 5.92 Å². The molecule has 1 atom stereocenters. The quantitative estimate of drug-likeness (QED) is 0.753. The standard InChI is InChI=1S/C9H17N5O/c1-4-7(5-2)6(3)10-9(15)8-11-13-14-12-8/h6-7H,4-5H2,1-3H3,(H,10,15)(H,11,12,13,14). The van der Waals surface area contributed by atoms with Gasteiger partial charge in [0.2, 0.25) is 0 Å². The molecule has 0 fully saturated rings. The molecule has 0 radical (unpaired) electrons. The van der Waals surface area contributed by atoms with Crippen molar-refractivity contribution in [2.24, 2.45) is 5.92 Å². The lowest BCUT2D eigenvalue weighted by Gasteiger charge is -2.21. The third kappa shape index (κ3) is 3.00. The van der Waals surface area contributed by atoms with Crippen LogP contribution in [0.2, 0.25) is 0 Å². The highest BCUT2D eigenvalue weighted by atomic mass is 16.2. The van der Waals surface area contributed by atoms with Crippen molar-refractivity contribution in [2.45, 2.75) is 39.7 Å². The molecule has 1 rings (SSSR count). The van der Waals surface area contributed by atoms with Crippen molar-refractivity contribution in [3.05, 3.63) is 5.82 Å². The van der Waals surface area contributed by atoms with E-state index in [1.807, 2.05) is 6.92 Å². The Hall–Kier alpha value is -1.46. The molecule has 0 aliphatic carbocycles. The van der Waals surface area contributed by atoms with Crippen molar-refractivity contribution in [2.75, 3.05) is 0 Å². The van der Waals surface area contributed by atoms with E-state index in [2.05, 4.69) is 39.8 Å². The monoisotopic (exact) mass is 211 g/mol. The van der Waals surface area contributed by atoms with Gasteiger partial charge in [-0.05, 0) is 18.1 Å². The molecule has 2 N–H and O–H groups in total. The largest absolute Gasteiger partial charge is 0.346 e. The summed E-state index contributed by atoms with van der Waals surface area (Å²) in [5.41, 5.74) is 0. The number of aromatic nitrogens is 4. The van der Waals surface area contributed by atoms with E-state index in [-0.39, 0.29) is 17.8 Å². The van der Waals surface area contributed by atoms with E-state index in [4.69, 9.17) is 0 Å². The highest BCUT2D eigenvalue weighted by Gasteiger charge is 2.18. The Morgan fingerprint density at radius 3 is 2.60 bits per heavy atom. The predicted octanol–water partition coefficient (Wildman–Crippen LogP) is 0.754. The lowest BCUT2D eigenvalue weighted by atomic mass is 9.95. The smallest absolute Gasteiger partial charge is 0.293 e. The Morgan fingerprint density at radius 2 is 2.13 bits per heavy atom. The van der Waals surface area contributed by atoms with Crippen LogP contribution in [0.1, 0.15) is 44.2 Å². The van der Waals surface area contributed by atoms with Crippen LogP contribution in [0.3, 0.4) is 0 Å². The van der Waals surface area contributed by atoms with Gasteiger partial charge in [-0.25, -0.2) is 0 Å². The third-order valence-electron chi connectivity index (χ3n) is 2.66.